The maximum atomic E-state index is 11.9. The van der Waals surface area contributed by atoms with Gasteiger partial charge < -0.3 is 5.32 Å². The van der Waals surface area contributed by atoms with Gasteiger partial charge in [0.1, 0.15) is 0 Å². The summed E-state index contributed by atoms with van der Waals surface area (Å²) >= 11 is 18.9. The molecule has 3 rings (SSSR count). The topological polar surface area (TPSA) is 29.1 Å². The molecule has 1 aliphatic heterocycles. The molecule has 21 heavy (non-hydrogen) atoms. The number of amides is 1. The number of carbonyl (C=O) groups is 1. The van der Waals surface area contributed by atoms with E-state index in [4.69, 9.17) is 34.8 Å². The lowest BCUT2D eigenvalue weighted by atomic mass is 9.95. The van der Waals surface area contributed by atoms with Gasteiger partial charge in [-0.05, 0) is 35.7 Å². The zero-order chi connectivity index (χ0) is 15.0. The number of benzene rings is 2. The van der Waals surface area contributed by atoms with Crippen molar-refractivity contribution in [2.24, 2.45) is 0 Å². The minimum atomic E-state index is -0.494. The number of nitrogens with one attached hydrogen (secondary N) is 1. The summed E-state index contributed by atoms with van der Waals surface area (Å²) in [6.45, 7) is 0.672. The Kier molecular flexibility index (Phi) is 4.12. The lowest BCUT2D eigenvalue weighted by Gasteiger charge is -2.19. The zero-order valence-electron chi connectivity index (χ0n) is 11.0. The number of fused-ring (bicyclic) bond motifs is 1. The Labute approximate surface area is 138 Å². The molecule has 2 aromatic carbocycles. The largest absolute Gasteiger partial charge is 0.352 e. The predicted molar refractivity (Wildman–Crippen MR) is 86.6 cm³/mol. The van der Waals surface area contributed by atoms with Gasteiger partial charge in [-0.2, -0.15) is 0 Å². The van der Waals surface area contributed by atoms with Crippen molar-refractivity contribution in [1.29, 1.82) is 0 Å². The average Bonchev–Trinajstić information content (AvgIpc) is 2.47. The van der Waals surface area contributed by atoms with E-state index in [1.54, 1.807) is 18.2 Å². The molecule has 0 fully saturated rings. The first-order chi connectivity index (χ1) is 10.1. The highest BCUT2D eigenvalue weighted by molar-refractivity contribution is 6.38. The third kappa shape index (κ3) is 2.76. The first kappa shape index (κ1) is 14.7. The van der Waals surface area contributed by atoms with Crippen LogP contribution >= 0.6 is 34.8 Å². The SMILES string of the molecule is O=C1NCCc2ccc(C(Cl)c3c(Cl)cccc3Cl)cc21. The van der Waals surface area contributed by atoms with E-state index in [1.165, 1.54) is 0 Å². The predicted octanol–water partition coefficient (Wildman–Crippen LogP) is 4.61. The first-order valence-electron chi connectivity index (χ1n) is 6.57. The normalized spacial score (nSPS) is 15.3. The molecule has 0 saturated carbocycles. The Morgan fingerprint density at radius 2 is 1.81 bits per heavy atom. The van der Waals surface area contributed by atoms with E-state index in [0.717, 1.165) is 17.5 Å². The van der Waals surface area contributed by atoms with Crippen LogP contribution in [0.2, 0.25) is 10.0 Å². The van der Waals surface area contributed by atoms with Gasteiger partial charge in [-0.25, -0.2) is 0 Å². The number of rotatable bonds is 2. The molecule has 1 amide bonds. The highest BCUT2D eigenvalue weighted by atomic mass is 35.5. The molecular formula is C16H12Cl3NO. The quantitative estimate of drug-likeness (QED) is 0.795. The smallest absolute Gasteiger partial charge is 0.251 e. The van der Waals surface area contributed by atoms with Gasteiger partial charge >= 0.3 is 0 Å². The zero-order valence-corrected chi connectivity index (χ0v) is 13.3. The molecular weight excluding hydrogens is 329 g/mol. The summed E-state index contributed by atoms with van der Waals surface area (Å²) in [5, 5.41) is 3.37. The van der Waals surface area contributed by atoms with Crippen LogP contribution in [0.4, 0.5) is 0 Å². The molecule has 1 aliphatic rings. The number of halogens is 3. The van der Waals surface area contributed by atoms with Crippen molar-refractivity contribution < 1.29 is 4.79 Å². The maximum Gasteiger partial charge on any atom is 0.251 e. The summed E-state index contributed by atoms with van der Waals surface area (Å²) in [5.41, 5.74) is 3.19. The second kappa shape index (κ2) is 5.88. The standard InChI is InChI=1S/C16H12Cl3NO/c17-12-2-1-3-13(18)14(12)15(19)10-5-4-9-6-7-20-16(21)11(9)8-10/h1-5,8,15H,6-7H2,(H,20,21). The molecule has 1 heterocycles. The summed E-state index contributed by atoms with van der Waals surface area (Å²) in [6, 6.07) is 11.0. The molecule has 0 bridgehead atoms. The summed E-state index contributed by atoms with van der Waals surface area (Å²) in [7, 11) is 0. The molecule has 0 aliphatic carbocycles. The van der Waals surface area contributed by atoms with E-state index in [-0.39, 0.29) is 5.91 Å². The van der Waals surface area contributed by atoms with Crippen molar-refractivity contribution in [2.75, 3.05) is 6.54 Å². The summed E-state index contributed by atoms with van der Waals surface area (Å²) in [5.74, 6) is -0.0628. The number of alkyl halides is 1. The molecule has 5 heteroatoms. The average molecular weight is 341 g/mol. The van der Waals surface area contributed by atoms with Crippen LogP contribution in [0.15, 0.2) is 36.4 Å². The summed E-state index contributed by atoms with van der Waals surface area (Å²) in [6.07, 6.45) is 0.834. The van der Waals surface area contributed by atoms with Gasteiger partial charge in [-0.1, -0.05) is 41.4 Å². The molecule has 108 valence electrons. The highest BCUT2D eigenvalue weighted by Gasteiger charge is 2.22. The molecule has 0 saturated heterocycles. The second-order valence-electron chi connectivity index (χ2n) is 4.92. The van der Waals surface area contributed by atoms with Gasteiger partial charge in [0.15, 0.2) is 0 Å². The van der Waals surface area contributed by atoms with Crippen LogP contribution in [0.5, 0.6) is 0 Å². The van der Waals surface area contributed by atoms with Crippen LogP contribution in [0, 0.1) is 0 Å². The molecule has 1 unspecified atom stereocenters. The lowest BCUT2D eigenvalue weighted by molar-refractivity contribution is 0.0946. The van der Waals surface area contributed by atoms with E-state index in [0.29, 0.717) is 27.7 Å². The van der Waals surface area contributed by atoms with Gasteiger partial charge in [-0.3, -0.25) is 4.79 Å². The molecule has 1 atom stereocenters. The van der Waals surface area contributed by atoms with Gasteiger partial charge in [-0.15, -0.1) is 11.6 Å². The summed E-state index contributed by atoms with van der Waals surface area (Å²) in [4.78, 5) is 11.9. The first-order valence-corrected chi connectivity index (χ1v) is 7.76. The maximum absolute atomic E-state index is 11.9. The van der Waals surface area contributed by atoms with Gasteiger partial charge in [0.2, 0.25) is 0 Å². The fourth-order valence-electron chi connectivity index (χ4n) is 2.51. The Hall–Kier alpha value is -1.22. The minimum absolute atomic E-state index is 0.0628. The van der Waals surface area contributed by atoms with Gasteiger partial charge in [0.05, 0.1) is 5.38 Å². The summed E-state index contributed by atoms with van der Waals surface area (Å²) < 4.78 is 0. The van der Waals surface area contributed by atoms with Crippen LogP contribution in [-0.4, -0.2) is 12.5 Å². The molecule has 2 aromatic rings. The Morgan fingerprint density at radius 1 is 1.10 bits per heavy atom. The minimum Gasteiger partial charge on any atom is -0.352 e. The van der Waals surface area contributed by atoms with Crippen LogP contribution in [0.25, 0.3) is 0 Å². The molecule has 0 spiro atoms. The monoisotopic (exact) mass is 339 g/mol. The van der Waals surface area contributed by atoms with Crippen LogP contribution in [-0.2, 0) is 6.42 Å². The Morgan fingerprint density at radius 3 is 2.52 bits per heavy atom. The van der Waals surface area contributed by atoms with Crippen molar-refractivity contribution in [3.63, 3.8) is 0 Å². The van der Waals surface area contributed by atoms with Crippen LogP contribution in [0.1, 0.15) is 32.4 Å². The van der Waals surface area contributed by atoms with Crippen molar-refractivity contribution in [2.45, 2.75) is 11.8 Å². The Bertz CT molecular complexity index is 694. The number of carbonyl (C=O) groups excluding carboxylic acids is 1. The third-order valence-corrected chi connectivity index (χ3v) is 4.73. The number of hydrogen-bond donors (Lipinski definition) is 1. The number of hydrogen-bond acceptors (Lipinski definition) is 1. The van der Waals surface area contributed by atoms with Crippen LogP contribution < -0.4 is 5.32 Å². The van der Waals surface area contributed by atoms with E-state index in [1.807, 2.05) is 18.2 Å². The molecule has 2 nitrogen and oxygen atoms in total. The van der Waals surface area contributed by atoms with E-state index in [9.17, 15) is 4.79 Å². The molecule has 1 N–H and O–H groups in total. The Balaban J connectivity index is 2.05. The van der Waals surface area contributed by atoms with E-state index < -0.39 is 5.38 Å². The van der Waals surface area contributed by atoms with Gasteiger partial charge in [0.25, 0.3) is 5.91 Å². The highest BCUT2D eigenvalue weighted by Crippen LogP contribution is 2.38. The second-order valence-corrected chi connectivity index (χ2v) is 6.17. The van der Waals surface area contributed by atoms with E-state index >= 15 is 0 Å². The molecule has 0 aromatic heterocycles. The third-order valence-electron chi connectivity index (χ3n) is 3.60. The molecule has 0 radical (unpaired) electrons. The van der Waals surface area contributed by atoms with Crippen LogP contribution in [0.3, 0.4) is 0 Å². The van der Waals surface area contributed by atoms with Crippen molar-refractivity contribution in [3.8, 4) is 0 Å². The lowest BCUT2D eigenvalue weighted by Crippen LogP contribution is -2.31. The van der Waals surface area contributed by atoms with Crippen molar-refractivity contribution >= 4 is 40.7 Å². The fourth-order valence-corrected chi connectivity index (χ4v) is 3.60. The van der Waals surface area contributed by atoms with Crippen molar-refractivity contribution in [1.82, 2.24) is 5.32 Å². The van der Waals surface area contributed by atoms with E-state index in [2.05, 4.69) is 5.32 Å². The van der Waals surface area contributed by atoms with Gasteiger partial charge in [0, 0.05) is 27.7 Å². The fraction of sp³-hybridized carbons (Fsp3) is 0.188. The van der Waals surface area contributed by atoms with Crippen molar-refractivity contribution in [3.05, 3.63) is 68.7 Å².